The molecule has 0 aliphatic carbocycles. The zero-order chi connectivity index (χ0) is 22.5. The maximum atomic E-state index is 8.85. The topological polar surface area (TPSA) is 271 Å². The minimum Gasteiger partial charge on any atom is -0.370 e. The Kier molecular flexibility index (Phi) is 277. The van der Waals surface area contributed by atoms with Crippen molar-refractivity contribution in [1.29, 1.82) is 0 Å². The Hall–Kier alpha value is 2.43. The summed E-state index contributed by atoms with van der Waals surface area (Å²) in [4.78, 5) is 0. The normalized spacial score (nSPS) is 4.69. The van der Waals surface area contributed by atoms with Gasteiger partial charge in [-0.3, -0.25) is 0 Å². The first-order chi connectivity index (χ1) is 12.5. The van der Waals surface area contributed by atoms with Crippen LogP contribution in [0.1, 0.15) is 0 Å². The predicted molar refractivity (Wildman–Crippen MR) is 90.1 cm³/mol. The molecule has 0 atom stereocenters. The van der Waals surface area contributed by atoms with Gasteiger partial charge in [0.25, 0.3) is 0 Å². The van der Waals surface area contributed by atoms with Crippen LogP contribution in [0.3, 0.4) is 0 Å². The fraction of sp³-hybridized carbons (Fsp3) is 0. The fourth-order valence-corrected chi connectivity index (χ4v) is 0. The minimum atomic E-state index is -1.05. The van der Waals surface area contributed by atoms with E-state index < -0.39 is 48.2 Å². The van der Waals surface area contributed by atoms with Crippen molar-refractivity contribution in [3.8, 4) is 0 Å². The van der Waals surface area contributed by atoms with E-state index in [9.17, 15) is 0 Å². The van der Waals surface area contributed by atoms with Crippen LogP contribution in [0, 0.1) is 0 Å². The van der Waals surface area contributed by atoms with Crippen LogP contribution in [-0.4, -0.2) is 185 Å². The maximum Gasteiger partial charge on any atom is 0.628 e. The molecule has 0 spiro atoms. The molecular formula is H6Al4Mg2O18Si5. The van der Waals surface area contributed by atoms with Crippen LogP contribution < -0.4 is 0 Å². The van der Waals surface area contributed by atoms with Crippen molar-refractivity contribution < 1.29 is 85.7 Å². The van der Waals surface area contributed by atoms with Gasteiger partial charge in [0.15, 0.2) is 0 Å². The maximum absolute atomic E-state index is 8.85. The van der Waals surface area contributed by atoms with E-state index in [0.29, 0.717) is 0 Å². The minimum absolute atomic E-state index is 0. The van der Waals surface area contributed by atoms with Gasteiger partial charge in [-0.25, -0.2) is 31.5 Å². The van der Waals surface area contributed by atoms with E-state index in [0.717, 1.165) is 0 Å². The second-order valence-electron chi connectivity index (χ2n) is 1.04. The van der Waals surface area contributed by atoms with Crippen LogP contribution in [0.2, 0.25) is 0 Å². The van der Waals surface area contributed by atoms with E-state index in [1.807, 2.05) is 36.1 Å². The summed E-state index contributed by atoms with van der Waals surface area (Å²) in [7, 11) is -5.27. The molecule has 29 heteroatoms. The van der Waals surface area contributed by atoms with Crippen molar-refractivity contribution in [2.75, 3.05) is 0 Å². The first-order valence-corrected chi connectivity index (χ1v) is 12.6. The van der Waals surface area contributed by atoms with Crippen molar-refractivity contribution in [3.63, 3.8) is 0 Å². The zero-order valence-corrected chi connectivity index (χ0v) is 26.3. The second kappa shape index (κ2) is 127. The molecule has 0 aliphatic rings. The first-order valence-electron chi connectivity index (χ1n) is 4.04. The molecule has 18 radical (unpaired) electrons. The molecule has 0 fully saturated rings. The summed E-state index contributed by atoms with van der Waals surface area (Å²) in [6.07, 6.45) is 0. The number of hydrogen-bond donors (Lipinski definition) is 6. The summed E-state index contributed by atoms with van der Waals surface area (Å²) >= 11 is 5.46. The van der Waals surface area contributed by atoms with Gasteiger partial charge in [0.2, 0.25) is 0 Å². The molecule has 0 unspecified atom stereocenters. The highest BCUT2D eigenvalue weighted by Gasteiger charge is 1.61. The average Bonchev–Trinajstić information content (AvgIpc) is 2.75. The SMILES string of the molecule is O=[Si]OO.O=[Si]OO.O=[Si]OO.O=[Si]OO.O=[Si]OO.OO[O][Al].[Al].[Al].[Al].[Mg][Mg]. The molecule has 0 aliphatic heterocycles. The lowest BCUT2D eigenvalue weighted by molar-refractivity contribution is -0.439. The first kappa shape index (κ1) is 63.4. The molecule has 0 saturated carbocycles. The molecule has 0 aromatic heterocycles. The van der Waals surface area contributed by atoms with Gasteiger partial charge in [-0.1, -0.05) is 0 Å². The third-order valence-corrected chi connectivity index (χ3v) is 0.688. The van der Waals surface area contributed by atoms with Gasteiger partial charge >= 0.3 is 64.9 Å². The van der Waals surface area contributed by atoms with Crippen LogP contribution in [0.4, 0.5) is 0 Å². The molecule has 0 aromatic carbocycles. The highest BCUT2D eigenvalue weighted by atomic mass is 28.2. The fourth-order valence-electron chi connectivity index (χ4n) is 0. The Bertz CT molecular complexity index is 182. The average molecular weight is 591 g/mol. The van der Waals surface area contributed by atoms with Crippen molar-refractivity contribution >= 4 is 153 Å². The Morgan fingerprint density at radius 3 is 0.586 bits per heavy atom. The molecule has 0 aromatic rings. The highest BCUT2D eigenvalue weighted by Crippen LogP contribution is 1.48. The largest absolute Gasteiger partial charge is 0.628 e. The lowest BCUT2D eigenvalue weighted by Crippen LogP contribution is -1.77. The van der Waals surface area contributed by atoms with E-state index in [-0.39, 0.29) is 52.1 Å². The quantitative estimate of drug-likeness (QED) is 0.0957. The van der Waals surface area contributed by atoms with Gasteiger partial charge in [-0.2, -0.15) is 0 Å². The van der Waals surface area contributed by atoms with Gasteiger partial charge in [-0.05, 0) is 0 Å². The van der Waals surface area contributed by atoms with E-state index in [2.05, 4.69) is 31.9 Å². The molecule has 0 bridgehead atoms. The predicted octanol–water partition coefficient (Wildman–Crippen LogP) is -5.21. The van der Waals surface area contributed by atoms with Crippen LogP contribution in [0.5, 0.6) is 0 Å². The molecule has 6 N–H and O–H groups in total. The lowest BCUT2D eigenvalue weighted by atomic mass is 14.6. The molecule has 0 rings (SSSR count). The molecule has 18 nitrogen and oxygen atoms in total. The zero-order valence-electron chi connectivity index (χ0n) is 13.8. The van der Waals surface area contributed by atoms with Crippen LogP contribution in [0.25, 0.3) is 0 Å². The van der Waals surface area contributed by atoms with Crippen molar-refractivity contribution in [2.24, 2.45) is 0 Å². The lowest BCUT2D eigenvalue weighted by Gasteiger charge is -1.78. The molecule has 0 saturated heterocycles. The third kappa shape index (κ3) is 346. The smallest absolute Gasteiger partial charge is 0.370 e. The van der Waals surface area contributed by atoms with Gasteiger partial charge < -0.3 is 49.1 Å². The van der Waals surface area contributed by atoms with Crippen molar-refractivity contribution in [2.45, 2.75) is 0 Å². The molecular weight excluding hydrogens is 585 g/mol. The molecule has 0 amide bonds. The molecule has 29 heavy (non-hydrogen) atoms. The van der Waals surface area contributed by atoms with E-state index in [1.165, 1.54) is 0 Å². The third-order valence-electron chi connectivity index (χ3n) is 0.229. The van der Waals surface area contributed by atoms with Gasteiger partial charge in [0.05, 0.1) is 0 Å². The van der Waals surface area contributed by atoms with E-state index in [4.69, 9.17) is 53.9 Å². The summed E-state index contributed by atoms with van der Waals surface area (Å²) in [5.41, 5.74) is 0. The van der Waals surface area contributed by atoms with E-state index in [1.54, 1.807) is 16.6 Å². The van der Waals surface area contributed by atoms with Gasteiger partial charge in [0, 0.05) is 88.2 Å². The summed E-state index contributed by atoms with van der Waals surface area (Å²) in [6.45, 7) is 0. The Labute approximate surface area is 236 Å². The van der Waals surface area contributed by atoms with E-state index >= 15 is 0 Å². The van der Waals surface area contributed by atoms with Crippen LogP contribution in [0.15, 0.2) is 0 Å². The summed E-state index contributed by atoms with van der Waals surface area (Å²) < 4.78 is 62.9. The van der Waals surface area contributed by atoms with Gasteiger partial charge in [-0.15, -0.1) is 5.04 Å². The molecule has 150 valence electrons. The van der Waals surface area contributed by atoms with Crippen molar-refractivity contribution in [3.05, 3.63) is 0 Å². The van der Waals surface area contributed by atoms with Crippen LogP contribution >= 0.6 is 0 Å². The summed E-state index contributed by atoms with van der Waals surface area (Å²) in [6, 6.07) is 0. The Morgan fingerprint density at radius 1 is 0.517 bits per heavy atom. The summed E-state index contributed by atoms with van der Waals surface area (Å²) in [5, 5.41) is 45.5. The monoisotopic (exact) mass is 590 g/mol. The summed E-state index contributed by atoms with van der Waals surface area (Å²) in [5.74, 6) is 0. The van der Waals surface area contributed by atoms with Crippen LogP contribution in [-0.2, 0) is 54.2 Å². The van der Waals surface area contributed by atoms with Crippen molar-refractivity contribution in [1.82, 2.24) is 0 Å². The number of hydrogen-bond acceptors (Lipinski definition) is 18. The Morgan fingerprint density at radius 2 is 0.586 bits per heavy atom. The second-order valence-corrected chi connectivity index (χ2v) is 2.98. The number of rotatable bonds is 6. The van der Waals surface area contributed by atoms with Gasteiger partial charge in [0.1, 0.15) is 0 Å². The molecule has 0 heterocycles. The Balaban J connectivity index is -0.0000000180. The standard InChI is InChI=1S/4Al.2Mg.5HO3Si.H2O3/c;;;;;;5*1-3-4-2;1-3-2/h;;;;;;5*1H;1-2H/q;;;+1;;;;;;;;/p-1. The highest BCUT2D eigenvalue weighted by molar-refractivity contribution is 6.75.